The molecule has 0 aromatic heterocycles. The Morgan fingerprint density at radius 3 is 2.04 bits per heavy atom. The van der Waals surface area contributed by atoms with Gasteiger partial charge in [-0.15, -0.1) is 0 Å². The molecule has 3 rings (SSSR count). The molecular weight excluding hydrogens is 379 g/mol. The molecule has 0 atom stereocenters. The van der Waals surface area contributed by atoms with Crippen LogP contribution >= 0.6 is 0 Å². The molecule has 150 valence electrons. The van der Waals surface area contributed by atoms with Gasteiger partial charge in [0.15, 0.2) is 0 Å². The fourth-order valence-corrected chi connectivity index (χ4v) is 4.63. The minimum absolute atomic E-state index is 0.0107. The highest BCUT2D eigenvalue weighted by molar-refractivity contribution is 7.89. The van der Waals surface area contributed by atoms with Crippen molar-refractivity contribution in [3.05, 3.63) is 65.5 Å². The number of nitrogens with zero attached hydrogens (tertiary/aromatic N) is 2. The van der Waals surface area contributed by atoms with Gasteiger partial charge in [-0.3, -0.25) is 4.79 Å². The zero-order valence-corrected chi connectivity index (χ0v) is 17.2. The fraction of sp³-hybridized carbons (Fsp3) is 0.381. The molecule has 1 amide bonds. The van der Waals surface area contributed by atoms with Crippen molar-refractivity contribution in [3.8, 4) is 0 Å². The monoisotopic (exact) mass is 404 g/mol. The molecule has 1 aliphatic rings. The van der Waals surface area contributed by atoms with Crippen LogP contribution in [0.3, 0.4) is 0 Å². The van der Waals surface area contributed by atoms with Crippen molar-refractivity contribution in [1.29, 1.82) is 0 Å². The minimum Gasteiger partial charge on any atom is -0.336 e. The van der Waals surface area contributed by atoms with Crippen molar-refractivity contribution in [2.45, 2.75) is 31.1 Å². The van der Waals surface area contributed by atoms with E-state index in [1.54, 1.807) is 18.2 Å². The zero-order valence-electron chi connectivity index (χ0n) is 16.4. The maximum absolute atomic E-state index is 13.8. The zero-order chi connectivity index (χ0) is 20.5. The van der Waals surface area contributed by atoms with Crippen LogP contribution in [0.4, 0.5) is 4.39 Å². The summed E-state index contributed by atoms with van der Waals surface area (Å²) in [4.78, 5) is 14.2. The summed E-state index contributed by atoms with van der Waals surface area (Å²) in [5, 5.41) is 0. The number of sulfonamides is 1. The molecule has 0 bridgehead atoms. The molecule has 0 aliphatic carbocycles. The van der Waals surface area contributed by atoms with E-state index >= 15 is 0 Å². The summed E-state index contributed by atoms with van der Waals surface area (Å²) in [7, 11) is -3.62. The first-order valence-electron chi connectivity index (χ1n) is 9.25. The van der Waals surface area contributed by atoms with E-state index in [0.29, 0.717) is 0 Å². The third kappa shape index (κ3) is 4.10. The molecule has 1 aliphatic heterocycles. The first-order valence-corrected chi connectivity index (χ1v) is 10.7. The standard InChI is InChI=1S/C21H25FN2O3S/c1-21(2,3)16-8-10-17(11-9-16)28(26,27)24-14-12-23(13-15-24)20(25)18-6-4-5-7-19(18)22/h4-11H,12-15H2,1-3H3. The van der Waals surface area contributed by atoms with E-state index < -0.39 is 21.7 Å². The van der Waals surface area contributed by atoms with Crippen LogP contribution in [-0.2, 0) is 15.4 Å². The van der Waals surface area contributed by atoms with E-state index in [1.807, 2.05) is 12.1 Å². The number of benzene rings is 2. The highest BCUT2D eigenvalue weighted by atomic mass is 32.2. The Labute approximate surface area is 165 Å². The van der Waals surface area contributed by atoms with Crippen LogP contribution in [0.5, 0.6) is 0 Å². The van der Waals surface area contributed by atoms with Gasteiger partial charge >= 0.3 is 0 Å². The average Bonchev–Trinajstić information content (AvgIpc) is 2.67. The predicted molar refractivity (Wildman–Crippen MR) is 106 cm³/mol. The number of carbonyl (C=O) groups is 1. The van der Waals surface area contributed by atoms with Gasteiger partial charge < -0.3 is 4.90 Å². The first-order chi connectivity index (χ1) is 13.1. The normalized spacial score (nSPS) is 16.2. The number of piperazine rings is 1. The third-order valence-corrected chi connectivity index (χ3v) is 6.90. The van der Waals surface area contributed by atoms with Gasteiger partial charge in [0.05, 0.1) is 10.5 Å². The van der Waals surface area contributed by atoms with E-state index in [-0.39, 0.29) is 42.1 Å². The Morgan fingerprint density at radius 1 is 0.929 bits per heavy atom. The van der Waals surface area contributed by atoms with Crippen LogP contribution < -0.4 is 0 Å². The number of halogens is 1. The summed E-state index contributed by atoms with van der Waals surface area (Å²) in [6.45, 7) is 7.04. The molecule has 0 unspecified atom stereocenters. The lowest BCUT2D eigenvalue weighted by Gasteiger charge is -2.34. The Hall–Kier alpha value is -2.25. The molecule has 1 fully saturated rings. The van der Waals surface area contributed by atoms with Gasteiger partial charge in [-0.05, 0) is 35.2 Å². The summed E-state index contributed by atoms with van der Waals surface area (Å²) in [5.41, 5.74) is 1.02. The molecule has 0 radical (unpaired) electrons. The summed E-state index contributed by atoms with van der Waals surface area (Å²) in [6, 6.07) is 12.8. The van der Waals surface area contributed by atoms with Crippen molar-refractivity contribution in [2.75, 3.05) is 26.2 Å². The largest absolute Gasteiger partial charge is 0.336 e. The molecule has 1 saturated heterocycles. The smallest absolute Gasteiger partial charge is 0.256 e. The minimum atomic E-state index is -3.62. The molecule has 2 aromatic carbocycles. The maximum atomic E-state index is 13.8. The average molecular weight is 405 g/mol. The number of amides is 1. The second kappa shape index (κ2) is 7.64. The Bertz CT molecular complexity index is 958. The SMILES string of the molecule is CC(C)(C)c1ccc(S(=O)(=O)N2CCN(C(=O)c3ccccc3F)CC2)cc1. The third-order valence-electron chi connectivity index (χ3n) is 4.99. The second-order valence-corrected chi connectivity index (χ2v) is 9.89. The van der Waals surface area contributed by atoms with Crippen LogP contribution in [0.2, 0.25) is 0 Å². The quantitative estimate of drug-likeness (QED) is 0.789. The summed E-state index contributed by atoms with van der Waals surface area (Å²) in [6.07, 6.45) is 0. The highest BCUT2D eigenvalue weighted by Gasteiger charge is 2.31. The van der Waals surface area contributed by atoms with E-state index in [4.69, 9.17) is 0 Å². The van der Waals surface area contributed by atoms with Gasteiger partial charge in [0.25, 0.3) is 5.91 Å². The molecule has 0 N–H and O–H groups in total. The summed E-state index contributed by atoms with van der Waals surface area (Å²) in [5.74, 6) is -0.980. The molecule has 1 heterocycles. The van der Waals surface area contributed by atoms with E-state index in [9.17, 15) is 17.6 Å². The van der Waals surface area contributed by atoms with Crippen LogP contribution in [-0.4, -0.2) is 49.7 Å². The fourth-order valence-electron chi connectivity index (χ4n) is 3.21. The van der Waals surface area contributed by atoms with Crippen molar-refractivity contribution in [2.24, 2.45) is 0 Å². The van der Waals surface area contributed by atoms with E-state index in [1.165, 1.54) is 27.4 Å². The number of carbonyl (C=O) groups excluding carboxylic acids is 1. The van der Waals surface area contributed by atoms with Crippen LogP contribution in [0.1, 0.15) is 36.7 Å². The summed E-state index contributed by atoms with van der Waals surface area (Å²) >= 11 is 0. The van der Waals surface area contributed by atoms with Gasteiger partial charge in [0, 0.05) is 26.2 Å². The molecular formula is C21H25FN2O3S. The molecule has 2 aromatic rings. The van der Waals surface area contributed by atoms with Gasteiger partial charge in [-0.25, -0.2) is 12.8 Å². The first kappa shape index (κ1) is 20.5. The topological polar surface area (TPSA) is 57.7 Å². The van der Waals surface area contributed by atoms with Gasteiger partial charge in [0.2, 0.25) is 10.0 Å². The predicted octanol–water partition coefficient (Wildman–Crippen LogP) is 3.27. The van der Waals surface area contributed by atoms with E-state index in [2.05, 4.69) is 20.8 Å². The van der Waals surface area contributed by atoms with Crippen molar-refractivity contribution >= 4 is 15.9 Å². The van der Waals surface area contributed by atoms with E-state index in [0.717, 1.165) is 5.56 Å². The number of hydrogen-bond donors (Lipinski definition) is 0. The van der Waals surface area contributed by atoms with Crippen molar-refractivity contribution < 1.29 is 17.6 Å². The number of rotatable bonds is 3. The molecule has 28 heavy (non-hydrogen) atoms. The molecule has 0 saturated carbocycles. The van der Waals surface area contributed by atoms with Gasteiger partial charge in [-0.1, -0.05) is 45.0 Å². The lowest BCUT2D eigenvalue weighted by Crippen LogP contribution is -2.50. The summed E-state index contributed by atoms with van der Waals surface area (Å²) < 4.78 is 41.0. The van der Waals surface area contributed by atoms with Crippen molar-refractivity contribution in [3.63, 3.8) is 0 Å². The van der Waals surface area contributed by atoms with Gasteiger partial charge in [-0.2, -0.15) is 4.31 Å². The lowest BCUT2D eigenvalue weighted by molar-refractivity contribution is 0.0693. The maximum Gasteiger partial charge on any atom is 0.256 e. The second-order valence-electron chi connectivity index (χ2n) is 7.95. The van der Waals surface area contributed by atoms with Crippen LogP contribution in [0.25, 0.3) is 0 Å². The lowest BCUT2D eigenvalue weighted by atomic mass is 9.87. The Morgan fingerprint density at radius 2 is 1.50 bits per heavy atom. The van der Waals surface area contributed by atoms with Crippen LogP contribution in [0, 0.1) is 5.82 Å². The van der Waals surface area contributed by atoms with Crippen molar-refractivity contribution in [1.82, 2.24) is 9.21 Å². The Balaban J connectivity index is 1.70. The highest BCUT2D eigenvalue weighted by Crippen LogP contribution is 2.25. The molecule has 7 heteroatoms. The van der Waals surface area contributed by atoms with Crippen LogP contribution in [0.15, 0.2) is 53.4 Å². The number of hydrogen-bond acceptors (Lipinski definition) is 3. The molecule has 0 spiro atoms. The molecule has 5 nitrogen and oxygen atoms in total. The van der Waals surface area contributed by atoms with Gasteiger partial charge in [0.1, 0.15) is 5.82 Å². The Kier molecular flexibility index (Phi) is 5.59.